The summed E-state index contributed by atoms with van der Waals surface area (Å²) in [6, 6.07) is 17.1. The number of methoxy groups -OCH3 is 1. The van der Waals surface area contributed by atoms with Crippen LogP contribution in [0.15, 0.2) is 54.1 Å². The first-order valence-electron chi connectivity index (χ1n) is 9.04. The van der Waals surface area contributed by atoms with Gasteiger partial charge >= 0.3 is 0 Å². The second-order valence-corrected chi connectivity index (χ2v) is 13.0. The van der Waals surface area contributed by atoms with Crippen molar-refractivity contribution < 1.29 is 4.74 Å². The zero-order valence-electron chi connectivity index (χ0n) is 16.0. The smallest absolute Gasteiger partial charge is 0.159 e. The Morgan fingerprint density at radius 1 is 1.00 bits per heavy atom. The number of thiophene rings is 1. The molecule has 1 unspecified atom stereocenters. The van der Waals surface area contributed by atoms with E-state index < -0.39 is 8.24 Å². The topological polar surface area (TPSA) is 21.3 Å². The molecule has 0 saturated heterocycles. The predicted octanol–water partition coefficient (Wildman–Crippen LogP) is 6.66. The number of ether oxygens (including phenoxy) is 1. The van der Waals surface area contributed by atoms with E-state index in [0.29, 0.717) is 5.54 Å². The summed E-state index contributed by atoms with van der Waals surface area (Å²) in [5, 5.41) is 1.42. The second-order valence-electron chi connectivity index (χ2n) is 7.65. The van der Waals surface area contributed by atoms with E-state index >= 15 is 0 Å². The largest absolute Gasteiger partial charge is 0.497 e. The van der Waals surface area contributed by atoms with Crippen LogP contribution >= 0.6 is 11.3 Å². The number of nitrogens with one attached hydrogen (secondary N) is 1. The van der Waals surface area contributed by atoms with E-state index in [0.717, 1.165) is 5.75 Å². The lowest BCUT2D eigenvalue weighted by atomic mass is 10.1. The van der Waals surface area contributed by atoms with Gasteiger partial charge in [0.15, 0.2) is 8.24 Å². The average Bonchev–Trinajstić information content (AvgIpc) is 3.10. The summed E-state index contributed by atoms with van der Waals surface area (Å²) < 4.78 is 6.69. The van der Waals surface area contributed by atoms with Gasteiger partial charge in [-0.25, -0.2) is 0 Å². The number of allylic oxidation sites excluding steroid dienone is 2. The molecule has 1 heterocycles. The molecule has 0 bridgehead atoms. The van der Waals surface area contributed by atoms with Gasteiger partial charge in [-0.05, 0) is 55.3 Å². The van der Waals surface area contributed by atoms with E-state index in [1.54, 1.807) is 12.0 Å². The Kier molecular flexibility index (Phi) is 4.20. The van der Waals surface area contributed by atoms with Crippen LogP contribution in [0.1, 0.15) is 29.8 Å². The molecular weight excluding hydrogens is 354 g/mol. The molecule has 3 aromatic rings. The van der Waals surface area contributed by atoms with Crippen LogP contribution in [0.2, 0.25) is 13.1 Å². The molecule has 2 nitrogen and oxygen atoms in total. The minimum atomic E-state index is -1.80. The molecule has 26 heavy (non-hydrogen) atoms. The van der Waals surface area contributed by atoms with Gasteiger partial charge in [-0.2, -0.15) is 0 Å². The van der Waals surface area contributed by atoms with Crippen LogP contribution in [-0.2, 0) is 0 Å². The van der Waals surface area contributed by atoms with Gasteiger partial charge in [-0.1, -0.05) is 36.9 Å². The summed E-state index contributed by atoms with van der Waals surface area (Å²) in [4.78, 5) is 5.46. The van der Waals surface area contributed by atoms with Crippen molar-refractivity contribution in [2.24, 2.45) is 0 Å². The monoisotopic (exact) mass is 379 g/mol. The maximum absolute atomic E-state index is 5.29. The molecule has 0 fully saturated rings. The third kappa shape index (κ3) is 2.68. The molecule has 0 spiro atoms. The minimum absolute atomic E-state index is 0.511. The summed E-state index contributed by atoms with van der Waals surface area (Å²) in [7, 11) is -0.0880. The standard InChI is InChI=1S/C22H25NOSSi/c1-14-15(2)22(21-20(14)18-8-6-7-9-19(18)25-21)26(4,5)23-16-10-12-17(24-3)13-11-16/h6-13,22-23H,1-5H3. The van der Waals surface area contributed by atoms with E-state index in [9.17, 15) is 0 Å². The van der Waals surface area contributed by atoms with Crippen molar-refractivity contribution in [3.05, 3.63) is 64.5 Å². The molecule has 4 rings (SSSR count). The van der Waals surface area contributed by atoms with Gasteiger partial charge in [0.25, 0.3) is 0 Å². The number of hydrogen-bond donors (Lipinski definition) is 1. The Bertz CT molecular complexity index is 1000. The first kappa shape index (κ1) is 17.4. The molecule has 0 radical (unpaired) electrons. The van der Waals surface area contributed by atoms with Gasteiger partial charge in [0.05, 0.1) is 7.11 Å². The normalized spacial score (nSPS) is 16.9. The highest BCUT2D eigenvalue weighted by atomic mass is 32.1. The SMILES string of the molecule is COc1ccc(N[Si](C)(C)C2C(C)=C(C)c3c2sc2ccccc32)cc1. The summed E-state index contributed by atoms with van der Waals surface area (Å²) >= 11 is 1.98. The van der Waals surface area contributed by atoms with Crippen molar-refractivity contribution in [1.82, 2.24) is 0 Å². The van der Waals surface area contributed by atoms with Gasteiger partial charge in [-0.15, -0.1) is 11.3 Å². The zero-order valence-corrected chi connectivity index (χ0v) is 17.8. The maximum Gasteiger partial charge on any atom is 0.159 e. The highest BCUT2D eigenvalue weighted by Crippen LogP contribution is 2.52. The van der Waals surface area contributed by atoms with E-state index in [4.69, 9.17) is 4.74 Å². The predicted molar refractivity (Wildman–Crippen MR) is 117 cm³/mol. The fourth-order valence-corrected chi connectivity index (χ4v) is 9.79. The zero-order chi connectivity index (χ0) is 18.5. The van der Waals surface area contributed by atoms with Crippen LogP contribution in [0.4, 0.5) is 5.69 Å². The van der Waals surface area contributed by atoms with Crippen LogP contribution in [-0.4, -0.2) is 15.3 Å². The summed E-state index contributed by atoms with van der Waals surface area (Å²) in [5.41, 5.74) is 6.19. The van der Waals surface area contributed by atoms with Gasteiger partial charge in [0, 0.05) is 26.2 Å². The molecule has 134 valence electrons. The molecule has 2 aromatic carbocycles. The van der Waals surface area contributed by atoms with Crippen molar-refractivity contribution >= 4 is 40.9 Å². The lowest BCUT2D eigenvalue weighted by Crippen LogP contribution is -2.43. The van der Waals surface area contributed by atoms with Crippen LogP contribution in [0.5, 0.6) is 5.75 Å². The quantitative estimate of drug-likeness (QED) is 0.512. The molecular formula is C22H25NOSSi. The third-order valence-electron chi connectivity index (χ3n) is 5.56. The highest BCUT2D eigenvalue weighted by Gasteiger charge is 2.42. The average molecular weight is 380 g/mol. The lowest BCUT2D eigenvalue weighted by molar-refractivity contribution is 0.415. The molecule has 0 amide bonds. The van der Waals surface area contributed by atoms with Gasteiger partial charge in [0.1, 0.15) is 5.75 Å². The number of hydrogen-bond acceptors (Lipinski definition) is 3. The van der Waals surface area contributed by atoms with Gasteiger partial charge in [0.2, 0.25) is 0 Å². The van der Waals surface area contributed by atoms with Crippen molar-refractivity contribution in [3.8, 4) is 5.75 Å². The van der Waals surface area contributed by atoms with Crippen LogP contribution in [0, 0.1) is 0 Å². The number of anilines is 1. The number of benzene rings is 2. The maximum atomic E-state index is 5.29. The molecule has 0 aliphatic heterocycles. The van der Waals surface area contributed by atoms with E-state index in [2.05, 4.69) is 68.3 Å². The Hall–Kier alpha value is -2.04. The molecule has 1 aliphatic rings. The van der Waals surface area contributed by atoms with Crippen molar-refractivity contribution in [3.63, 3.8) is 0 Å². The number of rotatable bonds is 4. The highest BCUT2D eigenvalue weighted by molar-refractivity contribution is 7.20. The first-order valence-corrected chi connectivity index (χ1v) is 12.9. The van der Waals surface area contributed by atoms with Crippen molar-refractivity contribution in [2.45, 2.75) is 32.5 Å². The fourth-order valence-electron chi connectivity index (χ4n) is 4.25. The van der Waals surface area contributed by atoms with Crippen molar-refractivity contribution in [1.29, 1.82) is 0 Å². The molecule has 0 saturated carbocycles. The first-order chi connectivity index (χ1) is 12.4. The van der Waals surface area contributed by atoms with E-state index in [1.165, 1.54) is 32.5 Å². The molecule has 1 atom stereocenters. The van der Waals surface area contributed by atoms with Crippen LogP contribution in [0.25, 0.3) is 15.7 Å². The molecule has 4 heteroatoms. The molecule has 1 N–H and O–H groups in total. The Morgan fingerprint density at radius 2 is 1.69 bits per heavy atom. The third-order valence-corrected chi connectivity index (χ3v) is 10.1. The van der Waals surface area contributed by atoms with Crippen LogP contribution < -0.4 is 9.72 Å². The fraction of sp³-hybridized carbons (Fsp3) is 0.273. The lowest BCUT2D eigenvalue weighted by Gasteiger charge is -2.33. The summed E-state index contributed by atoms with van der Waals surface area (Å²) in [6.07, 6.45) is 0. The number of fused-ring (bicyclic) bond motifs is 3. The second kappa shape index (κ2) is 6.29. The van der Waals surface area contributed by atoms with Gasteiger partial charge < -0.3 is 9.72 Å². The Labute approximate surface area is 160 Å². The van der Waals surface area contributed by atoms with Crippen LogP contribution in [0.3, 0.4) is 0 Å². The summed E-state index contributed by atoms with van der Waals surface area (Å²) in [5.74, 6) is 0.898. The Morgan fingerprint density at radius 3 is 2.38 bits per heavy atom. The summed E-state index contributed by atoms with van der Waals surface area (Å²) in [6.45, 7) is 9.51. The van der Waals surface area contributed by atoms with E-state index in [1.807, 2.05) is 23.5 Å². The molecule has 1 aliphatic carbocycles. The van der Waals surface area contributed by atoms with Gasteiger partial charge in [-0.3, -0.25) is 0 Å². The Balaban J connectivity index is 1.75. The van der Waals surface area contributed by atoms with E-state index in [-0.39, 0.29) is 0 Å². The minimum Gasteiger partial charge on any atom is -0.497 e. The van der Waals surface area contributed by atoms with Crippen molar-refractivity contribution in [2.75, 3.05) is 12.1 Å². The molecule has 1 aromatic heterocycles.